The normalized spacial score (nSPS) is 12.8. The Kier molecular flexibility index (Phi) is 3.83. The van der Waals surface area contributed by atoms with Crippen molar-refractivity contribution >= 4 is 5.97 Å². The summed E-state index contributed by atoms with van der Waals surface area (Å²) in [7, 11) is 0. The molecular weight excluding hydrogens is 195 g/mol. The fourth-order valence-corrected chi connectivity index (χ4v) is 1.36. The fourth-order valence-electron chi connectivity index (χ4n) is 1.36. The minimum atomic E-state index is -1.41. The van der Waals surface area contributed by atoms with E-state index in [9.17, 15) is 9.18 Å². The molecule has 0 bridgehead atoms. The molecule has 0 amide bonds. The predicted molar refractivity (Wildman–Crippen MR) is 56.6 cm³/mol. The van der Waals surface area contributed by atoms with Gasteiger partial charge in [-0.05, 0) is 17.0 Å². The molecule has 0 radical (unpaired) electrons. The highest BCUT2D eigenvalue weighted by Gasteiger charge is 2.13. The first-order valence-corrected chi connectivity index (χ1v) is 4.96. The Hall–Kier alpha value is -1.38. The summed E-state index contributed by atoms with van der Waals surface area (Å²) >= 11 is 0. The molecule has 15 heavy (non-hydrogen) atoms. The topological polar surface area (TPSA) is 37.3 Å². The average Bonchev–Trinajstić information content (AvgIpc) is 2.17. The minimum Gasteiger partial charge on any atom is -0.481 e. The second-order valence-corrected chi connectivity index (χ2v) is 3.89. The number of hydrogen-bond acceptors (Lipinski definition) is 1. The molecule has 0 aliphatic rings. The van der Waals surface area contributed by atoms with Gasteiger partial charge in [0.1, 0.15) is 6.17 Å². The van der Waals surface area contributed by atoms with Crippen LogP contribution in [0.4, 0.5) is 4.39 Å². The molecule has 0 aliphatic heterocycles. The summed E-state index contributed by atoms with van der Waals surface area (Å²) in [4.78, 5) is 10.3. The zero-order valence-corrected chi connectivity index (χ0v) is 8.90. The molecule has 1 atom stereocenters. The molecule has 0 saturated carbocycles. The maximum atomic E-state index is 13.3. The van der Waals surface area contributed by atoms with Gasteiger partial charge >= 0.3 is 5.97 Å². The summed E-state index contributed by atoms with van der Waals surface area (Å²) in [5.74, 6) is -0.716. The van der Waals surface area contributed by atoms with Gasteiger partial charge in [0, 0.05) is 0 Å². The maximum absolute atomic E-state index is 13.3. The first kappa shape index (κ1) is 11.7. The Balaban J connectivity index is 2.75. The van der Waals surface area contributed by atoms with Crippen LogP contribution >= 0.6 is 0 Å². The summed E-state index contributed by atoms with van der Waals surface area (Å²) < 4.78 is 13.3. The largest absolute Gasteiger partial charge is 0.481 e. The Morgan fingerprint density at radius 3 is 2.13 bits per heavy atom. The SMILES string of the molecule is CC(C)c1ccc(C(F)CC(=O)O)cc1. The molecule has 2 nitrogen and oxygen atoms in total. The van der Waals surface area contributed by atoms with Gasteiger partial charge in [-0.3, -0.25) is 4.79 Å². The van der Waals surface area contributed by atoms with Crippen LogP contribution in [0.25, 0.3) is 0 Å². The highest BCUT2D eigenvalue weighted by molar-refractivity contribution is 5.67. The lowest BCUT2D eigenvalue weighted by Gasteiger charge is -2.09. The zero-order chi connectivity index (χ0) is 11.4. The van der Waals surface area contributed by atoms with Crippen molar-refractivity contribution in [1.82, 2.24) is 0 Å². The number of hydrogen-bond donors (Lipinski definition) is 1. The van der Waals surface area contributed by atoms with Gasteiger partial charge in [-0.2, -0.15) is 0 Å². The lowest BCUT2D eigenvalue weighted by atomic mass is 9.99. The number of alkyl halides is 1. The summed E-state index contributed by atoms with van der Waals surface area (Å²) in [6.45, 7) is 4.11. The third-order valence-electron chi connectivity index (χ3n) is 2.32. The lowest BCUT2D eigenvalue weighted by molar-refractivity contribution is -0.138. The van der Waals surface area contributed by atoms with Gasteiger partial charge in [0.05, 0.1) is 6.42 Å². The summed E-state index contributed by atoms with van der Waals surface area (Å²) in [5, 5.41) is 8.45. The molecule has 1 aromatic rings. The highest BCUT2D eigenvalue weighted by Crippen LogP contribution is 2.23. The number of aliphatic carboxylic acids is 1. The van der Waals surface area contributed by atoms with E-state index < -0.39 is 18.6 Å². The van der Waals surface area contributed by atoms with E-state index >= 15 is 0 Å². The van der Waals surface area contributed by atoms with Gasteiger partial charge in [0.2, 0.25) is 0 Å². The van der Waals surface area contributed by atoms with E-state index in [0.717, 1.165) is 5.56 Å². The second-order valence-electron chi connectivity index (χ2n) is 3.89. The maximum Gasteiger partial charge on any atom is 0.306 e. The van der Waals surface area contributed by atoms with Crippen molar-refractivity contribution in [3.05, 3.63) is 35.4 Å². The summed E-state index contributed by atoms with van der Waals surface area (Å²) in [6, 6.07) is 6.99. The van der Waals surface area contributed by atoms with Gasteiger partial charge in [-0.1, -0.05) is 38.1 Å². The molecule has 0 aliphatic carbocycles. The van der Waals surface area contributed by atoms with Crippen molar-refractivity contribution in [3.8, 4) is 0 Å². The van der Waals surface area contributed by atoms with Gasteiger partial charge in [0.25, 0.3) is 0 Å². The Morgan fingerprint density at radius 1 is 1.27 bits per heavy atom. The summed E-state index contributed by atoms with van der Waals surface area (Å²) in [5.41, 5.74) is 1.56. The smallest absolute Gasteiger partial charge is 0.306 e. The Bertz CT molecular complexity index is 330. The zero-order valence-electron chi connectivity index (χ0n) is 8.90. The quantitative estimate of drug-likeness (QED) is 0.827. The number of rotatable bonds is 4. The van der Waals surface area contributed by atoms with Gasteiger partial charge < -0.3 is 5.11 Å². The van der Waals surface area contributed by atoms with E-state index in [1.165, 1.54) is 0 Å². The Labute approximate surface area is 88.7 Å². The van der Waals surface area contributed by atoms with Crippen LogP contribution in [0, 0.1) is 0 Å². The van der Waals surface area contributed by atoms with Gasteiger partial charge in [0.15, 0.2) is 0 Å². The lowest BCUT2D eigenvalue weighted by Crippen LogP contribution is -2.01. The number of benzene rings is 1. The van der Waals surface area contributed by atoms with Crippen molar-refractivity contribution < 1.29 is 14.3 Å². The van der Waals surface area contributed by atoms with Gasteiger partial charge in [-0.15, -0.1) is 0 Å². The van der Waals surface area contributed by atoms with Crippen molar-refractivity contribution in [2.45, 2.75) is 32.4 Å². The van der Waals surface area contributed by atoms with Crippen molar-refractivity contribution in [3.63, 3.8) is 0 Å². The van der Waals surface area contributed by atoms with Crippen LogP contribution in [0.1, 0.15) is 43.5 Å². The average molecular weight is 210 g/mol. The molecule has 0 heterocycles. The standard InChI is InChI=1S/C12H15FO2/c1-8(2)9-3-5-10(6-4-9)11(13)7-12(14)15/h3-6,8,11H,7H2,1-2H3,(H,14,15). The molecule has 0 fully saturated rings. The summed E-state index contributed by atoms with van der Waals surface area (Å²) in [6.07, 6.45) is -1.88. The van der Waals surface area contributed by atoms with Crippen LogP contribution in [0.15, 0.2) is 24.3 Å². The first-order chi connectivity index (χ1) is 7.00. The molecule has 82 valence electrons. The van der Waals surface area contributed by atoms with Crippen LogP contribution in [-0.2, 0) is 4.79 Å². The van der Waals surface area contributed by atoms with Crippen molar-refractivity contribution in [1.29, 1.82) is 0 Å². The van der Waals surface area contributed by atoms with E-state index in [2.05, 4.69) is 13.8 Å². The minimum absolute atomic E-state index is 0.400. The first-order valence-electron chi connectivity index (χ1n) is 4.96. The van der Waals surface area contributed by atoms with E-state index in [0.29, 0.717) is 11.5 Å². The molecule has 1 rings (SSSR count). The molecule has 1 unspecified atom stereocenters. The van der Waals surface area contributed by atoms with E-state index in [-0.39, 0.29) is 0 Å². The predicted octanol–water partition coefficient (Wildman–Crippen LogP) is 3.30. The van der Waals surface area contributed by atoms with Crippen LogP contribution in [0.5, 0.6) is 0 Å². The number of carboxylic acids is 1. The molecular formula is C12H15FO2. The second kappa shape index (κ2) is 4.91. The van der Waals surface area contributed by atoms with E-state index in [1.54, 1.807) is 12.1 Å². The van der Waals surface area contributed by atoms with Crippen LogP contribution in [0.3, 0.4) is 0 Å². The van der Waals surface area contributed by atoms with Crippen molar-refractivity contribution in [2.75, 3.05) is 0 Å². The molecule has 0 spiro atoms. The van der Waals surface area contributed by atoms with Crippen molar-refractivity contribution in [2.24, 2.45) is 0 Å². The Morgan fingerprint density at radius 2 is 1.73 bits per heavy atom. The third-order valence-corrected chi connectivity index (χ3v) is 2.32. The monoisotopic (exact) mass is 210 g/mol. The number of halogens is 1. The van der Waals surface area contributed by atoms with Crippen LogP contribution in [-0.4, -0.2) is 11.1 Å². The number of carboxylic acid groups (broad SMARTS) is 1. The fraction of sp³-hybridized carbons (Fsp3) is 0.417. The molecule has 0 saturated heterocycles. The molecule has 3 heteroatoms. The molecule has 1 aromatic carbocycles. The highest BCUT2D eigenvalue weighted by atomic mass is 19.1. The van der Waals surface area contributed by atoms with Crippen LogP contribution < -0.4 is 0 Å². The van der Waals surface area contributed by atoms with Gasteiger partial charge in [-0.25, -0.2) is 4.39 Å². The van der Waals surface area contributed by atoms with E-state index in [1.807, 2.05) is 12.1 Å². The third kappa shape index (κ3) is 3.35. The number of carbonyl (C=O) groups is 1. The molecule has 1 N–H and O–H groups in total. The van der Waals surface area contributed by atoms with Crippen LogP contribution in [0.2, 0.25) is 0 Å². The van der Waals surface area contributed by atoms with E-state index in [4.69, 9.17) is 5.11 Å². The molecule has 0 aromatic heterocycles.